The molecule has 3 rings (SSSR count). The topological polar surface area (TPSA) is 38.3 Å². The third kappa shape index (κ3) is 4.35. The second-order valence-corrected chi connectivity index (χ2v) is 6.67. The van der Waals surface area contributed by atoms with Crippen LogP contribution in [0.2, 0.25) is 0 Å². The van der Waals surface area contributed by atoms with Gasteiger partial charge in [-0.25, -0.2) is 0 Å². The Hall–Kier alpha value is -1.81. The van der Waals surface area contributed by atoms with Crippen LogP contribution in [0.25, 0.3) is 0 Å². The Kier molecular flexibility index (Phi) is 5.34. The standard InChI is InChI=1S/C19H20BrNO2/c20-17-7-3-6-16(12-17)19(22)21-10-11-23-18-9-8-14-4-1-2-5-15(14)13-18/h3,6-9,12-13H,1-2,4-5,10-11H2,(H,21,22). The van der Waals surface area contributed by atoms with Crippen molar-refractivity contribution in [3.05, 3.63) is 63.6 Å². The van der Waals surface area contributed by atoms with Gasteiger partial charge in [-0.1, -0.05) is 28.1 Å². The number of carbonyl (C=O) groups excluding carboxylic acids is 1. The molecule has 1 N–H and O–H groups in total. The third-order valence-electron chi connectivity index (χ3n) is 4.06. The summed E-state index contributed by atoms with van der Waals surface area (Å²) >= 11 is 3.37. The normalized spacial score (nSPS) is 13.3. The van der Waals surface area contributed by atoms with Crippen molar-refractivity contribution in [2.45, 2.75) is 25.7 Å². The second kappa shape index (κ2) is 7.64. The summed E-state index contributed by atoms with van der Waals surface area (Å²) in [4.78, 5) is 12.0. The Morgan fingerprint density at radius 3 is 2.74 bits per heavy atom. The number of hydrogen-bond acceptors (Lipinski definition) is 2. The Bertz CT molecular complexity index is 700. The number of amides is 1. The summed E-state index contributed by atoms with van der Waals surface area (Å²) in [5.41, 5.74) is 3.51. The molecule has 0 aromatic heterocycles. The molecule has 1 aliphatic rings. The van der Waals surface area contributed by atoms with E-state index in [1.807, 2.05) is 18.2 Å². The predicted molar refractivity (Wildman–Crippen MR) is 95.1 cm³/mol. The maximum Gasteiger partial charge on any atom is 0.251 e. The predicted octanol–water partition coefficient (Wildman–Crippen LogP) is 4.14. The van der Waals surface area contributed by atoms with E-state index in [-0.39, 0.29) is 5.91 Å². The largest absolute Gasteiger partial charge is 0.492 e. The average molecular weight is 374 g/mol. The van der Waals surface area contributed by atoms with Gasteiger partial charge in [0.05, 0.1) is 6.54 Å². The second-order valence-electron chi connectivity index (χ2n) is 5.75. The lowest BCUT2D eigenvalue weighted by atomic mass is 9.92. The molecule has 0 saturated carbocycles. The SMILES string of the molecule is O=C(NCCOc1ccc2c(c1)CCCC2)c1cccc(Br)c1. The van der Waals surface area contributed by atoms with Crippen molar-refractivity contribution >= 4 is 21.8 Å². The van der Waals surface area contributed by atoms with Crippen LogP contribution in [-0.4, -0.2) is 19.1 Å². The average Bonchev–Trinajstić information content (AvgIpc) is 2.58. The highest BCUT2D eigenvalue weighted by atomic mass is 79.9. The van der Waals surface area contributed by atoms with Gasteiger partial charge in [-0.3, -0.25) is 4.79 Å². The molecule has 120 valence electrons. The van der Waals surface area contributed by atoms with Crippen LogP contribution >= 0.6 is 15.9 Å². The number of nitrogens with one attached hydrogen (secondary N) is 1. The quantitative estimate of drug-likeness (QED) is 0.799. The van der Waals surface area contributed by atoms with Crippen molar-refractivity contribution < 1.29 is 9.53 Å². The number of rotatable bonds is 5. The molecule has 1 amide bonds. The van der Waals surface area contributed by atoms with Gasteiger partial charge < -0.3 is 10.1 Å². The molecular weight excluding hydrogens is 354 g/mol. The molecule has 2 aromatic carbocycles. The van der Waals surface area contributed by atoms with Gasteiger partial charge in [0, 0.05) is 10.0 Å². The molecule has 23 heavy (non-hydrogen) atoms. The fourth-order valence-electron chi connectivity index (χ4n) is 2.86. The highest BCUT2D eigenvalue weighted by Crippen LogP contribution is 2.25. The van der Waals surface area contributed by atoms with Crippen LogP contribution in [0.5, 0.6) is 5.75 Å². The summed E-state index contributed by atoms with van der Waals surface area (Å²) in [5.74, 6) is 0.808. The molecule has 0 radical (unpaired) electrons. The smallest absolute Gasteiger partial charge is 0.251 e. The number of ether oxygens (including phenoxy) is 1. The lowest BCUT2D eigenvalue weighted by molar-refractivity contribution is 0.0947. The summed E-state index contributed by atoms with van der Waals surface area (Å²) in [6.07, 6.45) is 4.87. The van der Waals surface area contributed by atoms with Crippen LogP contribution in [0.4, 0.5) is 0 Å². The monoisotopic (exact) mass is 373 g/mol. The van der Waals surface area contributed by atoms with Gasteiger partial charge in [0.15, 0.2) is 0 Å². The molecule has 0 heterocycles. The summed E-state index contributed by atoms with van der Waals surface area (Å²) in [6.45, 7) is 0.959. The molecule has 3 nitrogen and oxygen atoms in total. The van der Waals surface area contributed by atoms with Gasteiger partial charge in [0.1, 0.15) is 12.4 Å². The molecule has 0 fully saturated rings. The highest BCUT2D eigenvalue weighted by molar-refractivity contribution is 9.10. The van der Waals surface area contributed by atoms with Crippen LogP contribution in [0, 0.1) is 0 Å². The van der Waals surface area contributed by atoms with Crippen LogP contribution in [0.15, 0.2) is 46.9 Å². The van der Waals surface area contributed by atoms with E-state index in [1.54, 1.807) is 12.1 Å². The van der Waals surface area contributed by atoms with E-state index in [9.17, 15) is 4.79 Å². The van der Waals surface area contributed by atoms with Crippen LogP contribution in [0.1, 0.15) is 34.3 Å². The third-order valence-corrected chi connectivity index (χ3v) is 4.56. The lowest BCUT2D eigenvalue weighted by Crippen LogP contribution is -2.28. The minimum Gasteiger partial charge on any atom is -0.492 e. The molecule has 2 aromatic rings. The molecule has 4 heteroatoms. The first-order valence-corrected chi connectivity index (χ1v) is 8.80. The fraction of sp³-hybridized carbons (Fsp3) is 0.316. The summed E-state index contributed by atoms with van der Waals surface area (Å²) in [7, 11) is 0. The van der Waals surface area contributed by atoms with Gasteiger partial charge >= 0.3 is 0 Å². The minimum atomic E-state index is -0.0830. The zero-order valence-electron chi connectivity index (χ0n) is 13.0. The molecule has 0 spiro atoms. The van der Waals surface area contributed by atoms with Crippen molar-refractivity contribution in [1.82, 2.24) is 5.32 Å². The van der Waals surface area contributed by atoms with Crippen LogP contribution in [0.3, 0.4) is 0 Å². The van der Waals surface area contributed by atoms with E-state index in [0.717, 1.165) is 16.6 Å². The van der Waals surface area contributed by atoms with Gasteiger partial charge in [-0.05, 0) is 67.1 Å². The van der Waals surface area contributed by atoms with E-state index >= 15 is 0 Å². The maximum atomic E-state index is 12.0. The van der Waals surface area contributed by atoms with E-state index in [1.165, 1.54) is 30.4 Å². The number of carbonyl (C=O) groups is 1. The zero-order chi connectivity index (χ0) is 16.1. The van der Waals surface area contributed by atoms with E-state index < -0.39 is 0 Å². The highest BCUT2D eigenvalue weighted by Gasteiger charge is 2.10. The molecule has 1 aliphatic carbocycles. The first-order chi connectivity index (χ1) is 11.2. The van der Waals surface area contributed by atoms with Gasteiger partial charge in [0.2, 0.25) is 0 Å². The van der Waals surface area contributed by atoms with Gasteiger partial charge in [0.25, 0.3) is 5.91 Å². The molecular formula is C19H20BrNO2. The number of aryl methyl sites for hydroxylation is 2. The van der Waals surface area contributed by atoms with Crippen molar-refractivity contribution in [3.8, 4) is 5.75 Å². The van der Waals surface area contributed by atoms with Crippen molar-refractivity contribution in [1.29, 1.82) is 0 Å². The Morgan fingerprint density at radius 2 is 1.91 bits per heavy atom. The van der Waals surface area contributed by atoms with Crippen molar-refractivity contribution in [2.24, 2.45) is 0 Å². The van der Waals surface area contributed by atoms with E-state index in [0.29, 0.717) is 18.7 Å². The fourth-order valence-corrected chi connectivity index (χ4v) is 3.26. The first-order valence-electron chi connectivity index (χ1n) is 8.01. The molecule has 0 saturated heterocycles. The Balaban J connectivity index is 1.47. The number of halogens is 1. The minimum absolute atomic E-state index is 0.0830. The van der Waals surface area contributed by atoms with E-state index in [2.05, 4.69) is 33.4 Å². The van der Waals surface area contributed by atoms with E-state index in [4.69, 9.17) is 4.74 Å². The van der Waals surface area contributed by atoms with Crippen LogP contribution < -0.4 is 10.1 Å². The number of benzene rings is 2. The zero-order valence-corrected chi connectivity index (χ0v) is 14.6. The summed E-state index contributed by atoms with van der Waals surface area (Å²) in [6, 6.07) is 13.7. The van der Waals surface area contributed by atoms with Gasteiger partial charge in [-0.15, -0.1) is 0 Å². The van der Waals surface area contributed by atoms with Crippen molar-refractivity contribution in [3.63, 3.8) is 0 Å². The Morgan fingerprint density at radius 1 is 1.09 bits per heavy atom. The molecule has 0 atom stereocenters. The first kappa shape index (κ1) is 16.1. The molecule has 0 bridgehead atoms. The summed E-state index contributed by atoms with van der Waals surface area (Å²) in [5, 5.41) is 2.87. The maximum absolute atomic E-state index is 12.0. The summed E-state index contributed by atoms with van der Waals surface area (Å²) < 4.78 is 6.66. The van der Waals surface area contributed by atoms with Crippen LogP contribution in [-0.2, 0) is 12.8 Å². The molecule has 0 unspecified atom stereocenters. The molecule has 0 aliphatic heterocycles. The van der Waals surface area contributed by atoms with Gasteiger partial charge in [-0.2, -0.15) is 0 Å². The van der Waals surface area contributed by atoms with Crippen molar-refractivity contribution in [2.75, 3.05) is 13.2 Å². The number of fused-ring (bicyclic) bond motifs is 1. The lowest BCUT2D eigenvalue weighted by Gasteiger charge is -2.17. The number of hydrogen-bond donors (Lipinski definition) is 1. The Labute approximate surface area is 145 Å².